The van der Waals surface area contributed by atoms with Gasteiger partial charge in [0.25, 0.3) is 5.91 Å². The first kappa shape index (κ1) is 17.8. The fourth-order valence-corrected chi connectivity index (χ4v) is 2.80. The lowest BCUT2D eigenvalue weighted by Gasteiger charge is -2.29. The number of hydrogen-bond donors (Lipinski definition) is 2. The molecule has 7 heteroatoms. The van der Waals surface area contributed by atoms with Crippen molar-refractivity contribution in [1.29, 1.82) is 0 Å². The van der Waals surface area contributed by atoms with Crippen molar-refractivity contribution >= 4 is 34.8 Å². The number of hydrazine groups is 1. The monoisotopic (exact) mass is 371 g/mol. The van der Waals surface area contributed by atoms with E-state index in [9.17, 15) is 9.59 Å². The summed E-state index contributed by atoms with van der Waals surface area (Å²) in [6, 6.07) is 12.4. The van der Waals surface area contributed by atoms with Gasteiger partial charge in [-0.25, -0.2) is 5.01 Å². The first-order valence-electron chi connectivity index (χ1n) is 8.00. The van der Waals surface area contributed by atoms with Gasteiger partial charge in [-0.15, -0.1) is 0 Å². The standard InChI is InChI=1S/C19H18ClN3O3/c1-12-5-3-4-6-16(12)23-18(24)10-8-14(22-23)19(25)21-15-11-13(20)7-9-17(15)26-2/h3-9,11,22H,10H2,1-2H3,(H,21,25). The molecular formula is C19H18ClN3O3. The number of para-hydroxylation sites is 1. The van der Waals surface area contributed by atoms with Gasteiger partial charge in [-0.05, 0) is 42.8 Å². The molecule has 0 bridgehead atoms. The Balaban J connectivity index is 1.81. The van der Waals surface area contributed by atoms with Crippen LogP contribution in [0.1, 0.15) is 12.0 Å². The largest absolute Gasteiger partial charge is 0.495 e. The van der Waals surface area contributed by atoms with Crippen molar-refractivity contribution in [2.24, 2.45) is 0 Å². The molecule has 2 N–H and O–H groups in total. The normalized spacial score (nSPS) is 13.7. The zero-order valence-electron chi connectivity index (χ0n) is 14.4. The second-order valence-corrected chi connectivity index (χ2v) is 6.18. The molecule has 1 aliphatic rings. The number of aryl methyl sites for hydroxylation is 1. The Bertz CT molecular complexity index is 895. The topological polar surface area (TPSA) is 70.7 Å². The number of nitrogens with zero attached hydrogens (tertiary/aromatic N) is 1. The van der Waals surface area contributed by atoms with Crippen LogP contribution in [0.15, 0.2) is 54.2 Å². The van der Waals surface area contributed by atoms with Gasteiger partial charge in [0, 0.05) is 11.4 Å². The Kier molecular flexibility index (Phi) is 5.14. The summed E-state index contributed by atoms with van der Waals surface area (Å²) >= 11 is 5.99. The summed E-state index contributed by atoms with van der Waals surface area (Å²) in [4.78, 5) is 24.9. The average molecular weight is 372 g/mol. The number of halogens is 1. The Morgan fingerprint density at radius 3 is 2.77 bits per heavy atom. The van der Waals surface area contributed by atoms with E-state index in [1.165, 1.54) is 12.1 Å². The van der Waals surface area contributed by atoms with Crippen LogP contribution in [0.3, 0.4) is 0 Å². The molecule has 2 aromatic rings. The Morgan fingerprint density at radius 1 is 1.27 bits per heavy atom. The molecule has 6 nitrogen and oxygen atoms in total. The number of carbonyl (C=O) groups is 2. The summed E-state index contributed by atoms with van der Waals surface area (Å²) in [5, 5.41) is 4.62. The SMILES string of the molecule is COc1ccc(Cl)cc1NC(=O)C1=CCC(=O)N(c2ccccc2C)N1. The molecule has 0 saturated heterocycles. The average Bonchev–Trinajstić information content (AvgIpc) is 2.63. The van der Waals surface area contributed by atoms with E-state index in [2.05, 4.69) is 10.7 Å². The fourth-order valence-electron chi connectivity index (χ4n) is 2.63. The summed E-state index contributed by atoms with van der Waals surface area (Å²) in [5.41, 5.74) is 5.24. The summed E-state index contributed by atoms with van der Waals surface area (Å²) in [5.74, 6) is -0.0427. The first-order chi connectivity index (χ1) is 12.5. The number of carbonyl (C=O) groups excluding carboxylic acids is 2. The van der Waals surface area contributed by atoms with Crippen LogP contribution in [0, 0.1) is 6.92 Å². The smallest absolute Gasteiger partial charge is 0.273 e. The van der Waals surface area contributed by atoms with Crippen LogP contribution < -0.4 is 20.5 Å². The molecule has 1 heterocycles. The molecule has 26 heavy (non-hydrogen) atoms. The number of nitrogens with one attached hydrogen (secondary N) is 2. The third kappa shape index (κ3) is 3.65. The molecule has 3 rings (SSSR count). The molecule has 1 aliphatic heterocycles. The maximum Gasteiger partial charge on any atom is 0.273 e. The summed E-state index contributed by atoms with van der Waals surface area (Å²) < 4.78 is 5.23. The third-order valence-electron chi connectivity index (χ3n) is 3.97. The van der Waals surface area contributed by atoms with Crippen molar-refractivity contribution < 1.29 is 14.3 Å². The lowest BCUT2D eigenvalue weighted by Crippen LogP contribution is -2.48. The molecule has 2 aromatic carbocycles. The number of anilines is 2. The van der Waals surface area contributed by atoms with Crippen molar-refractivity contribution in [3.8, 4) is 5.75 Å². The molecule has 0 radical (unpaired) electrons. The van der Waals surface area contributed by atoms with Crippen LogP contribution in [0.25, 0.3) is 0 Å². The molecule has 2 amide bonds. The summed E-state index contributed by atoms with van der Waals surface area (Å²) in [6.45, 7) is 1.90. The highest BCUT2D eigenvalue weighted by Gasteiger charge is 2.25. The van der Waals surface area contributed by atoms with Gasteiger partial charge < -0.3 is 10.1 Å². The highest BCUT2D eigenvalue weighted by atomic mass is 35.5. The van der Waals surface area contributed by atoms with E-state index in [-0.39, 0.29) is 18.0 Å². The number of ether oxygens (including phenoxy) is 1. The first-order valence-corrected chi connectivity index (χ1v) is 8.37. The molecule has 0 saturated carbocycles. The quantitative estimate of drug-likeness (QED) is 0.863. The molecule has 0 aromatic heterocycles. The van der Waals surface area contributed by atoms with Crippen molar-refractivity contribution in [3.05, 3.63) is 64.8 Å². The van der Waals surface area contributed by atoms with Gasteiger partial charge in [0.1, 0.15) is 11.4 Å². The Labute approximate surface area is 156 Å². The van der Waals surface area contributed by atoms with Gasteiger partial charge >= 0.3 is 0 Å². The number of methoxy groups -OCH3 is 1. The Hall–Kier alpha value is -2.99. The molecular weight excluding hydrogens is 354 g/mol. The lowest BCUT2D eigenvalue weighted by molar-refractivity contribution is -0.119. The lowest BCUT2D eigenvalue weighted by atomic mass is 10.1. The van der Waals surface area contributed by atoms with Gasteiger partial charge in [0.2, 0.25) is 5.91 Å². The molecule has 134 valence electrons. The molecule has 0 aliphatic carbocycles. The maximum absolute atomic E-state index is 12.6. The molecule has 0 spiro atoms. The predicted octanol–water partition coefficient (Wildman–Crippen LogP) is 3.42. The molecule has 0 unspecified atom stereocenters. The second kappa shape index (κ2) is 7.49. The van der Waals surface area contributed by atoms with Crippen LogP contribution in [-0.2, 0) is 9.59 Å². The number of benzene rings is 2. The van der Waals surface area contributed by atoms with E-state index >= 15 is 0 Å². The van der Waals surface area contributed by atoms with Crippen LogP contribution in [0.2, 0.25) is 5.02 Å². The minimum absolute atomic E-state index is 0.122. The van der Waals surface area contributed by atoms with E-state index in [1.807, 2.05) is 31.2 Å². The van der Waals surface area contributed by atoms with Gasteiger partial charge in [-0.1, -0.05) is 29.8 Å². The predicted molar refractivity (Wildman–Crippen MR) is 101 cm³/mol. The van der Waals surface area contributed by atoms with Crippen LogP contribution in [0.4, 0.5) is 11.4 Å². The van der Waals surface area contributed by atoms with E-state index in [1.54, 1.807) is 24.3 Å². The minimum atomic E-state index is -0.392. The highest BCUT2D eigenvalue weighted by molar-refractivity contribution is 6.31. The van der Waals surface area contributed by atoms with Crippen LogP contribution >= 0.6 is 11.6 Å². The van der Waals surface area contributed by atoms with Gasteiger partial charge in [-0.2, -0.15) is 0 Å². The van der Waals surface area contributed by atoms with Gasteiger partial charge in [-0.3, -0.25) is 15.0 Å². The molecule has 0 fully saturated rings. The number of amides is 2. The van der Waals surface area contributed by atoms with E-state index in [0.29, 0.717) is 22.1 Å². The second-order valence-electron chi connectivity index (χ2n) is 5.75. The maximum atomic E-state index is 12.6. The zero-order valence-corrected chi connectivity index (χ0v) is 15.1. The van der Waals surface area contributed by atoms with Crippen LogP contribution in [-0.4, -0.2) is 18.9 Å². The third-order valence-corrected chi connectivity index (χ3v) is 4.21. The van der Waals surface area contributed by atoms with E-state index in [4.69, 9.17) is 16.3 Å². The Morgan fingerprint density at radius 2 is 2.04 bits per heavy atom. The molecule has 0 atom stereocenters. The van der Waals surface area contributed by atoms with E-state index in [0.717, 1.165) is 5.56 Å². The minimum Gasteiger partial charge on any atom is -0.495 e. The van der Waals surface area contributed by atoms with Crippen molar-refractivity contribution in [3.63, 3.8) is 0 Å². The number of rotatable bonds is 4. The van der Waals surface area contributed by atoms with Gasteiger partial charge in [0.15, 0.2) is 0 Å². The highest BCUT2D eigenvalue weighted by Crippen LogP contribution is 2.28. The fraction of sp³-hybridized carbons (Fsp3) is 0.158. The summed E-state index contributed by atoms with van der Waals surface area (Å²) in [7, 11) is 1.51. The van der Waals surface area contributed by atoms with Crippen molar-refractivity contribution in [2.75, 3.05) is 17.4 Å². The zero-order chi connectivity index (χ0) is 18.7. The van der Waals surface area contributed by atoms with E-state index < -0.39 is 5.91 Å². The van der Waals surface area contributed by atoms with Gasteiger partial charge in [0.05, 0.1) is 18.5 Å². The van der Waals surface area contributed by atoms with Crippen molar-refractivity contribution in [1.82, 2.24) is 5.43 Å². The summed E-state index contributed by atoms with van der Waals surface area (Å²) in [6.07, 6.45) is 1.68. The number of hydrogen-bond acceptors (Lipinski definition) is 4. The van der Waals surface area contributed by atoms with Crippen molar-refractivity contribution in [2.45, 2.75) is 13.3 Å². The van der Waals surface area contributed by atoms with Crippen LogP contribution in [0.5, 0.6) is 5.75 Å².